The van der Waals surface area contributed by atoms with Crippen molar-refractivity contribution in [1.82, 2.24) is 0 Å². The van der Waals surface area contributed by atoms with Gasteiger partial charge in [0, 0.05) is 16.8 Å². The van der Waals surface area contributed by atoms with Crippen LogP contribution >= 0.6 is 12.2 Å². The Labute approximate surface area is 123 Å². The van der Waals surface area contributed by atoms with E-state index >= 15 is 0 Å². The molecule has 6 heteroatoms. The third kappa shape index (κ3) is 3.85. The Bertz CT molecular complexity index is 738. The van der Waals surface area contributed by atoms with E-state index in [9.17, 15) is 8.60 Å². The van der Waals surface area contributed by atoms with E-state index < -0.39 is 9.73 Å². The molecular weight excluding hydrogens is 295 g/mol. The van der Waals surface area contributed by atoms with Gasteiger partial charge in [0.15, 0.2) is 0 Å². The molecule has 104 valence electrons. The van der Waals surface area contributed by atoms with Crippen LogP contribution in [0.4, 0.5) is 10.1 Å². The van der Waals surface area contributed by atoms with Crippen LogP contribution in [0.5, 0.6) is 0 Å². The highest BCUT2D eigenvalue weighted by atomic mass is 32.2. The zero-order valence-corrected chi connectivity index (χ0v) is 12.4. The van der Waals surface area contributed by atoms with Crippen LogP contribution in [-0.2, 0) is 9.73 Å². The summed E-state index contributed by atoms with van der Waals surface area (Å²) >= 11 is 5.05. The Kier molecular flexibility index (Phi) is 4.46. The van der Waals surface area contributed by atoms with Gasteiger partial charge in [-0.05, 0) is 42.5 Å². The average molecular weight is 308 g/mol. The molecule has 0 fully saturated rings. The van der Waals surface area contributed by atoms with E-state index in [-0.39, 0.29) is 10.9 Å². The standard InChI is InChI=1S/C14H13FN2OS2/c1-20(18,13-8-3-2-4-9-13)17-14(19)16-12-7-5-6-11(15)10-12/h2-10H,1H3,(H,16,19). The maximum absolute atomic E-state index is 13.1. The predicted molar refractivity (Wildman–Crippen MR) is 83.8 cm³/mol. The topological polar surface area (TPSA) is 41.5 Å². The van der Waals surface area contributed by atoms with E-state index in [4.69, 9.17) is 12.2 Å². The van der Waals surface area contributed by atoms with Crippen molar-refractivity contribution in [1.29, 1.82) is 0 Å². The van der Waals surface area contributed by atoms with Crippen LogP contribution in [0.25, 0.3) is 0 Å². The summed E-state index contributed by atoms with van der Waals surface area (Å²) in [5, 5.41) is 2.82. The molecule has 0 spiro atoms. The highest BCUT2D eigenvalue weighted by Crippen LogP contribution is 2.13. The lowest BCUT2D eigenvalue weighted by molar-refractivity contribution is 0.628. The smallest absolute Gasteiger partial charge is 0.206 e. The maximum Gasteiger partial charge on any atom is 0.206 e. The minimum absolute atomic E-state index is 0.0620. The maximum atomic E-state index is 13.1. The molecule has 1 N–H and O–H groups in total. The second kappa shape index (κ2) is 6.11. The molecule has 2 aromatic rings. The number of anilines is 1. The highest BCUT2D eigenvalue weighted by molar-refractivity contribution is 7.94. The number of halogens is 1. The fraction of sp³-hybridized carbons (Fsp3) is 0.0714. The second-order valence-corrected chi connectivity index (χ2v) is 6.79. The molecule has 0 saturated heterocycles. The summed E-state index contributed by atoms with van der Waals surface area (Å²) in [6.07, 6.45) is 1.52. The normalized spacial score (nSPS) is 13.3. The third-order valence-electron chi connectivity index (χ3n) is 2.51. The first kappa shape index (κ1) is 14.6. The van der Waals surface area contributed by atoms with Crippen LogP contribution in [0.2, 0.25) is 0 Å². The van der Waals surface area contributed by atoms with Crippen LogP contribution in [-0.4, -0.2) is 15.6 Å². The number of nitrogens with zero attached hydrogens (tertiary/aromatic N) is 1. The van der Waals surface area contributed by atoms with Crippen molar-refractivity contribution in [2.75, 3.05) is 11.6 Å². The van der Waals surface area contributed by atoms with E-state index in [0.29, 0.717) is 10.6 Å². The Hall–Kier alpha value is -1.79. The van der Waals surface area contributed by atoms with Crippen molar-refractivity contribution >= 4 is 32.7 Å². The van der Waals surface area contributed by atoms with Crippen LogP contribution in [0, 0.1) is 5.82 Å². The van der Waals surface area contributed by atoms with Gasteiger partial charge in [0.05, 0.1) is 9.73 Å². The first-order chi connectivity index (χ1) is 9.47. The van der Waals surface area contributed by atoms with Gasteiger partial charge in [0.2, 0.25) is 5.11 Å². The second-order valence-electron chi connectivity index (χ2n) is 4.15. The van der Waals surface area contributed by atoms with Crippen LogP contribution in [0.3, 0.4) is 0 Å². The van der Waals surface area contributed by atoms with Gasteiger partial charge >= 0.3 is 0 Å². The summed E-state index contributed by atoms with van der Waals surface area (Å²) in [7, 11) is -2.61. The molecule has 0 aliphatic heterocycles. The molecule has 1 atom stereocenters. The molecule has 0 saturated carbocycles. The summed E-state index contributed by atoms with van der Waals surface area (Å²) in [5.41, 5.74) is 0.474. The molecule has 3 nitrogen and oxygen atoms in total. The van der Waals surface area contributed by atoms with Crippen molar-refractivity contribution in [3.05, 3.63) is 60.4 Å². The Morgan fingerprint density at radius 3 is 2.55 bits per heavy atom. The molecule has 0 bridgehead atoms. The minimum atomic E-state index is -2.61. The van der Waals surface area contributed by atoms with Crippen LogP contribution in [0.15, 0.2) is 63.9 Å². The van der Waals surface area contributed by atoms with Crippen LogP contribution in [0.1, 0.15) is 0 Å². The van der Waals surface area contributed by atoms with Gasteiger partial charge in [-0.2, -0.15) is 4.36 Å². The zero-order valence-electron chi connectivity index (χ0n) is 10.7. The Balaban J connectivity index is 2.22. The van der Waals surface area contributed by atoms with Crippen molar-refractivity contribution in [2.24, 2.45) is 4.36 Å². The molecule has 2 aromatic carbocycles. The van der Waals surface area contributed by atoms with Gasteiger partial charge in [0.25, 0.3) is 0 Å². The van der Waals surface area contributed by atoms with Crippen molar-refractivity contribution in [3.63, 3.8) is 0 Å². The number of benzene rings is 2. The van der Waals surface area contributed by atoms with Gasteiger partial charge in [-0.3, -0.25) is 0 Å². The lowest BCUT2D eigenvalue weighted by Gasteiger charge is -2.07. The van der Waals surface area contributed by atoms with Crippen molar-refractivity contribution < 1.29 is 8.60 Å². The molecule has 2 rings (SSSR count). The van der Waals surface area contributed by atoms with E-state index in [1.807, 2.05) is 6.07 Å². The Morgan fingerprint density at radius 1 is 1.20 bits per heavy atom. The Morgan fingerprint density at radius 2 is 1.90 bits per heavy atom. The molecular formula is C14H13FN2OS2. The molecule has 0 amide bonds. The SMILES string of the molecule is CS(=O)(=NC(=S)Nc1cccc(F)c1)c1ccccc1. The highest BCUT2D eigenvalue weighted by Gasteiger charge is 2.07. The lowest BCUT2D eigenvalue weighted by Crippen LogP contribution is -2.10. The van der Waals surface area contributed by atoms with Crippen LogP contribution < -0.4 is 5.32 Å². The molecule has 0 radical (unpaired) electrons. The zero-order chi connectivity index (χ0) is 14.6. The summed E-state index contributed by atoms with van der Waals surface area (Å²) in [4.78, 5) is 0.600. The molecule has 0 aliphatic carbocycles. The first-order valence-corrected chi connectivity index (χ1v) is 8.14. The van der Waals surface area contributed by atoms with Gasteiger partial charge in [-0.25, -0.2) is 8.60 Å². The van der Waals surface area contributed by atoms with Gasteiger partial charge in [-0.1, -0.05) is 24.3 Å². The van der Waals surface area contributed by atoms with Crippen molar-refractivity contribution in [3.8, 4) is 0 Å². The van der Waals surface area contributed by atoms with E-state index in [2.05, 4.69) is 9.68 Å². The fourth-order valence-electron chi connectivity index (χ4n) is 1.60. The number of hydrogen-bond donors (Lipinski definition) is 1. The molecule has 0 heterocycles. The number of hydrogen-bond acceptors (Lipinski definition) is 2. The van der Waals surface area contributed by atoms with E-state index in [0.717, 1.165) is 0 Å². The lowest BCUT2D eigenvalue weighted by atomic mass is 10.3. The van der Waals surface area contributed by atoms with Gasteiger partial charge in [0.1, 0.15) is 5.82 Å². The summed E-state index contributed by atoms with van der Waals surface area (Å²) in [6, 6.07) is 14.7. The summed E-state index contributed by atoms with van der Waals surface area (Å²) in [5.74, 6) is -0.377. The fourth-order valence-corrected chi connectivity index (χ4v) is 3.27. The third-order valence-corrected chi connectivity index (χ3v) is 4.50. The minimum Gasteiger partial charge on any atom is -0.330 e. The van der Waals surface area contributed by atoms with E-state index in [1.165, 1.54) is 18.4 Å². The number of nitrogens with one attached hydrogen (secondary N) is 1. The monoisotopic (exact) mass is 308 g/mol. The van der Waals surface area contributed by atoms with Gasteiger partial charge < -0.3 is 5.32 Å². The predicted octanol–water partition coefficient (Wildman–Crippen LogP) is 3.68. The summed E-state index contributed by atoms with van der Waals surface area (Å²) in [6.45, 7) is 0. The number of thiocarbonyl (C=S) groups is 1. The number of rotatable bonds is 2. The molecule has 1 unspecified atom stereocenters. The van der Waals surface area contributed by atoms with E-state index in [1.54, 1.807) is 36.4 Å². The molecule has 0 aromatic heterocycles. The van der Waals surface area contributed by atoms with Gasteiger partial charge in [-0.15, -0.1) is 0 Å². The average Bonchev–Trinajstić information content (AvgIpc) is 2.39. The molecule has 0 aliphatic rings. The van der Waals surface area contributed by atoms with Crippen molar-refractivity contribution in [2.45, 2.75) is 4.90 Å². The summed E-state index contributed by atoms with van der Waals surface area (Å²) < 4.78 is 29.6. The quantitative estimate of drug-likeness (QED) is 0.861. The molecule has 20 heavy (non-hydrogen) atoms. The largest absolute Gasteiger partial charge is 0.330 e. The first-order valence-electron chi connectivity index (χ1n) is 5.81.